The second-order valence-electron chi connectivity index (χ2n) is 3.16. The molecule has 1 aromatic rings. The Morgan fingerprint density at radius 2 is 2.14 bits per heavy atom. The first-order valence-electron chi connectivity index (χ1n) is 4.66. The van der Waals surface area contributed by atoms with Crippen molar-refractivity contribution < 1.29 is 4.79 Å². The molecule has 4 nitrogen and oxygen atoms in total. The summed E-state index contributed by atoms with van der Waals surface area (Å²) in [6, 6.07) is 5.66. The first kappa shape index (κ1) is 8.87. The van der Waals surface area contributed by atoms with E-state index in [0.29, 0.717) is 5.56 Å². The second-order valence-corrected chi connectivity index (χ2v) is 3.16. The standard InChI is InChI=1S/C10H13N3O/c1-11-10(14)7-3-2-4-8-9(7)13-6-5-12-8/h2-4,12-13H,5-6H2,1H3,(H,11,14). The molecule has 0 aromatic heterocycles. The van der Waals surface area contributed by atoms with Gasteiger partial charge in [-0.2, -0.15) is 0 Å². The molecule has 0 saturated heterocycles. The van der Waals surface area contributed by atoms with Crippen LogP contribution in [0.4, 0.5) is 11.4 Å². The van der Waals surface area contributed by atoms with Crippen molar-refractivity contribution >= 4 is 17.3 Å². The molecule has 3 N–H and O–H groups in total. The van der Waals surface area contributed by atoms with Crippen LogP contribution in [0.15, 0.2) is 18.2 Å². The first-order chi connectivity index (χ1) is 6.83. The van der Waals surface area contributed by atoms with Crippen molar-refractivity contribution in [3.05, 3.63) is 23.8 Å². The summed E-state index contributed by atoms with van der Waals surface area (Å²) in [6.07, 6.45) is 0. The minimum atomic E-state index is -0.0574. The van der Waals surface area contributed by atoms with E-state index < -0.39 is 0 Å². The lowest BCUT2D eigenvalue weighted by Crippen LogP contribution is -2.25. The molecule has 0 saturated carbocycles. The summed E-state index contributed by atoms with van der Waals surface area (Å²) in [5.74, 6) is -0.0574. The molecule has 1 aliphatic heterocycles. The fourth-order valence-corrected chi connectivity index (χ4v) is 1.60. The molecule has 1 amide bonds. The van der Waals surface area contributed by atoms with Gasteiger partial charge in [-0.05, 0) is 12.1 Å². The lowest BCUT2D eigenvalue weighted by Gasteiger charge is -2.21. The molecule has 4 heteroatoms. The SMILES string of the molecule is CNC(=O)c1cccc2c1NCCN2. The number of benzene rings is 1. The van der Waals surface area contributed by atoms with Gasteiger partial charge in [-0.3, -0.25) is 4.79 Å². The van der Waals surface area contributed by atoms with E-state index in [-0.39, 0.29) is 5.91 Å². The zero-order chi connectivity index (χ0) is 9.97. The molecule has 1 aromatic carbocycles. The number of anilines is 2. The summed E-state index contributed by atoms with van der Waals surface area (Å²) in [5, 5.41) is 9.09. The van der Waals surface area contributed by atoms with Crippen molar-refractivity contribution in [3.8, 4) is 0 Å². The Morgan fingerprint density at radius 1 is 1.36 bits per heavy atom. The van der Waals surface area contributed by atoms with E-state index in [9.17, 15) is 4.79 Å². The Morgan fingerprint density at radius 3 is 2.93 bits per heavy atom. The van der Waals surface area contributed by atoms with Crippen LogP contribution in [0, 0.1) is 0 Å². The van der Waals surface area contributed by atoms with Gasteiger partial charge in [-0.15, -0.1) is 0 Å². The number of hydrogen-bond donors (Lipinski definition) is 3. The smallest absolute Gasteiger partial charge is 0.253 e. The summed E-state index contributed by atoms with van der Waals surface area (Å²) in [6.45, 7) is 1.74. The molecule has 0 bridgehead atoms. The van der Waals surface area contributed by atoms with Crippen LogP contribution in [0.5, 0.6) is 0 Å². The van der Waals surface area contributed by atoms with Crippen molar-refractivity contribution in [2.75, 3.05) is 30.8 Å². The van der Waals surface area contributed by atoms with Gasteiger partial charge in [0.05, 0.1) is 16.9 Å². The monoisotopic (exact) mass is 191 g/mol. The number of carbonyl (C=O) groups is 1. The van der Waals surface area contributed by atoms with E-state index in [4.69, 9.17) is 0 Å². The van der Waals surface area contributed by atoms with Crippen LogP contribution in [-0.4, -0.2) is 26.0 Å². The molecule has 74 valence electrons. The first-order valence-corrected chi connectivity index (χ1v) is 4.66. The summed E-state index contributed by atoms with van der Waals surface area (Å²) in [5.41, 5.74) is 2.59. The Kier molecular flexibility index (Phi) is 2.26. The van der Waals surface area contributed by atoms with Crippen LogP contribution in [0.3, 0.4) is 0 Å². The highest BCUT2D eigenvalue weighted by molar-refractivity contribution is 6.02. The van der Waals surface area contributed by atoms with E-state index in [1.807, 2.05) is 18.2 Å². The average molecular weight is 191 g/mol. The molecule has 0 aliphatic carbocycles. The van der Waals surface area contributed by atoms with Gasteiger partial charge in [-0.25, -0.2) is 0 Å². The molecule has 0 spiro atoms. The summed E-state index contributed by atoms with van der Waals surface area (Å²) in [4.78, 5) is 11.5. The Hall–Kier alpha value is -1.71. The number of hydrogen-bond acceptors (Lipinski definition) is 3. The van der Waals surface area contributed by atoms with Crippen molar-refractivity contribution in [1.82, 2.24) is 5.32 Å². The molecule has 1 heterocycles. The molecule has 0 atom stereocenters. The molecule has 0 fully saturated rings. The highest BCUT2D eigenvalue weighted by Gasteiger charge is 2.15. The van der Waals surface area contributed by atoms with Gasteiger partial charge >= 0.3 is 0 Å². The number of nitrogens with one attached hydrogen (secondary N) is 3. The van der Waals surface area contributed by atoms with E-state index in [2.05, 4.69) is 16.0 Å². The maximum absolute atomic E-state index is 11.5. The fourth-order valence-electron chi connectivity index (χ4n) is 1.60. The molecule has 0 radical (unpaired) electrons. The predicted octanol–water partition coefficient (Wildman–Crippen LogP) is 0.884. The van der Waals surface area contributed by atoms with Gasteiger partial charge in [0.15, 0.2) is 0 Å². The van der Waals surface area contributed by atoms with Crippen molar-refractivity contribution in [3.63, 3.8) is 0 Å². The Bertz CT molecular complexity index is 362. The van der Waals surface area contributed by atoms with Crippen LogP contribution in [0.2, 0.25) is 0 Å². The van der Waals surface area contributed by atoms with Crippen LogP contribution in [-0.2, 0) is 0 Å². The fraction of sp³-hybridized carbons (Fsp3) is 0.300. The van der Waals surface area contributed by atoms with E-state index in [0.717, 1.165) is 24.5 Å². The van der Waals surface area contributed by atoms with Crippen LogP contribution < -0.4 is 16.0 Å². The number of carbonyl (C=O) groups excluding carboxylic acids is 1. The van der Waals surface area contributed by atoms with Crippen LogP contribution in [0.1, 0.15) is 10.4 Å². The zero-order valence-electron chi connectivity index (χ0n) is 8.05. The maximum atomic E-state index is 11.5. The van der Waals surface area contributed by atoms with E-state index in [1.165, 1.54) is 0 Å². The van der Waals surface area contributed by atoms with Crippen LogP contribution in [0.25, 0.3) is 0 Å². The largest absolute Gasteiger partial charge is 0.382 e. The highest BCUT2D eigenvalue weighted by Crippen LogP contribution is 2.27. The molecule has 1 aliphatic rings. The summed E-state index contributed by atoms with van der Waals surface area (Å²) < 4.78 is 0. The maximum Gasteiger partial charge on any atom is 0.253 e. The minimum Gasteiger partial charge on any atom is -0.382 e. The Labute approximate surface area is 82.7 Å². The van der Waals surface area contributed by atoms with E-state index >= 15 is 0 Å². The number of para-hydroxylation sites is 1. The summed E-state index contributed by atoms with van der Waals surface area (Å²) in [7, 11) is 1.64. The molecular formula is C10H13N3O. The van der Waals surface area contributed by atoms with Crippen molar-refractivity contribution in [2.24, 2.45) is 0 Å². The van der Waals surface area contributed by atoms with Crippen molar-refractivity contribution in [2.45, 2.75) is 0 Å². The van der Waals surface area contributed by atoms with Gasteiger partial charge < -0.3 is 16.0 Å². The van der Waals surface area contributed by atoms with Crippen molar-refractivity contribution in [1.29, 1.82) is 0 Å². The quantitative estimate of drug-likeness (QED) is 0.617. The number of amides is 1. The second kappa shape index (κ2) is 3.57. The third kappa shape index (κ3) is 1.39. The molecule has 0 unspecified atom stereocenters. The molecular weight excluding hydrogens is 178 g/mol. The minimum absolute atomic E-state index is 0.0574. The number of fused-ring (bicyclic) bond motifs is 1. The van der Waals surface area contributed by atoms with Gasteiger partial charge in [-0.1, -0.05) is 6.07 Å². The zero-order valence-corrected chi connectivity index (χ0v) is 8.05. The third-order valence-electron chi connectivity index (χ3n) is 2.28. The lowest BCUT2D eigenvalue weighted by atomic mass is 10.1. The Balaban J connectivity index is 2.45. The number of rotatable bonds is 1. The topological polar surface area (TPSA) is 53.2 Å². The van der Waals surface area contributed by atoms with Gasteiger partial charge in [0.1, 0.15) is 0 Å². The van der Waals surface area contributed by atoms with Gasteiger partial charge in [0.25, 0.3) is 5.91 Å². The van der Waals surface area contributed by atoms with Crippen LogP contribution >= 0.6 is 0 Å². The van der Waals surface area contributed by atoms with E-state index in [1.54, 1.807) is 7.05 Å². The highest BCUT2D eigenvalue weighted by atomic mass is 16.1. The molecule has 14 heavy (non-hydrogen) atoms. The molecule has 2 rings (SSSR count). The van der Waals surface area contributed by atoms with Gasteiger partial charge in [0.2, 0.25) is 0 Å². The van der Waals surface area contributed by atoms with Gasteiger partial charge in [0, 0.05) is 20.1 Å². The predicted molar refractivity (Wildman–Crippen MR) is 56.8 cm³/mol. The normalized spacial score (nSPS) is 13.5. The third-order valence-corrected chi connectivity index (χ3v) is 2.28. The average Bonchev–Trinajstić information content (AvgIpc) is 2.27. The summed E-state index contributed by atoms with van der Waals surface area (Å²) >= 11 is 0. The lowest BCUT2D eigenvalue weighted by molar-refractivity contribution is 0.0964.